The van der Waals surface area contributed by atoms with Gasteiger partial charge in [0.25, 0.3) is 0 Å². The summed E-state index contributed by atoms with van der Waals surface area (Å²) >= 11 is 2.96. The smallest absolute Gasteiger partial charge is 0.428 e. The van der Waals surface area contributed by atoms with Gasteiger partial charge in [-0.25, -0.2) is 0 Å². The molecule has 0 heterocycles. The summed E-state index contributed by atoms with van der Waals surface area (Å²) < 4.78 is 52.3. The van der Waals surface area contributed by atoms with Crippen molar-refractivity contribution in [1.29, 1.82) is 0 Å². The highest BCUT2D eigenvalue weighted by Crippen LogP contribution is 2.28. The molecule has 0 saturated heterocycles. The van der Waals surface area contributed by atoms with E-state index in [-0.39, 0.29) is 5.75 Å². The Kier molecular flexibility index (Phi) is 3.36. The molecule has 1 aromatic carbocycles. The summed E-state index contributed by atoms with van der Waals surface area (Å²) in [7, 11) is 0. The zero-order chi connectivity index (χ0) is 10.8. The minimum absolute atomic E-state index is 0.371. The molecule has 0 spiro atoms. The Morgan fingerprint density at radius 2 is 2.00 bits per heavy atom. The van der Waals surface area contributed by atoms with Crippen molar-refractivity contribution in [2.75, 3.05) is 0 Å². The molecule has 1 nitrogen and oxygen atoms in total. The van der Waals surface area contributed by atoms with Gasteiger partial charge in [0.1, 0.15) is 5.75 Å². The predicted molar refractivity (Wildman–Crippen MR) is 44.6 cm³/mol. The molecule has 0 fully saturated rings. The number of halogens is 5. The summed E-state index contributed by atoms with van der Waals surface area (Å²) in [5.74, 6) is -0.371. The van der Waals surface area contributed by atoms with E-state index in [1.54, 1.807) is 0 Å². The lowest BCUT2D eigenvalue weighted by Crippen LogP contribution is -2.33. The van der Waals surface area contributed by atoms with Crippen LogP contribution in [0.4, 0.5) is 17.6 Å². The first kappa shape index (κ1) is 11.3. The quantitative estimate of drug-likeness (QED) is 0.765. The fraction of sp³-hybridized carbons (Fsp3) is 0.250. The molecule has 1 rings (SSSR count). The van der Waals surface area contributed by atoms with Gasteiger partial charge in [-0.1, -0.05) is 15.9 Å². The number of ether oxygens (including phenoxy) is 1. The normalized spacial score (nSPS) is 11.9. The van der Waals surface area contributed by atoms with Gasteiger partial charge in [-0.2, -0.15) is 17.6 Å². The average molecular weight is 272 g/mol. The van der Waals surface area contributed by atoms with Crippen molar-refractivity contribution in [1.82, 2.24) is 0 Å². The lowest BCUT2D eigenvalue weighted by Gasteiger charge is -2.16. The van der Waals surface area contributed by atoms with Gasteiger partial charge >= 0.3 is 12.5 Å². The number of alkyl halides is 4. The van der Waals surface area contributed by atoms with Gasteiger partial charge < -0.3 is 4.74 Å². The second kappa shape index (κ2) is 4.16. The molecule has 0 aliphatic rings. The monoisotopic (exact) mass is 271 g/mol. The molecule has 14 heavy (non-hydrogen) atoms. The maximum absolute atomic E-state index is 12.4. The zero-order valence-corrected chi connectivity index (χ0v) is 8.19. The minimum Gasteiger partial charge on any atom is -0.428 e. The Hall–Kier alpha value is -0.780. The first-order valence-electron chi connectivity index (χ1n) is 3.43. The molecule has 0 amide bonds. The molecule has 0 unspecified atom stereocenters. The summed E-state index contributed by atoms with van der Waals surface area (Å²) in [4.78, 5) is 0. The van der Waals surface area contributed by atoms with Crippen molar-refractivity contribution in [2.24, 2.45) is 0 Å². The maximum Gasteiger partial charge on any atom is 0.461 e. The van der Waals surface area contributed by atoms with Crippen molar-refractivity contribution < 1.29 is 22.3 Å². The van der Waals surface area contributed by atoms with Gasteiger partial charge in [0.05, 0.1) is 0 Å². The third-order valence-corrected chi connectivity index (χ3v) is 1.69. The van der Waals surface area contributed by atoms with Crippen molar-refractivity contribution in [3.63, 3.8) is 0 Å². The molecule has 0 atom stereocenters. The van der Waals surface area contributed by atoms with Crippen LogP contribution in [0.1, 0.15) is 0 Å². The van der Waals surface area contributed by atoms with Crippen LogP contribution in [0.15, 0.2) is 22.7 Å². The molecule has 0 aliphatic carbocycles. The molecule has 77 valence electrons. The standard InChI is InChI=1S/C8H4BrF4O/c9-5-2-1-3-6(4-5)14-8(12,13)7(10)11/h2-4,7H. The SMILES string of the molecule is FC(F)C(F)(F)Oc1c[c]cc(Br)c1. The van der Waals surface area contributed by atoms with Crippen molar-refractivity contribution in [2.45, 2.75) is 12.5 Å². The average Bonchev–Trinajstić information content (AvgIpc) is 2.02. The van der Waals surface area contributed by atoms with E-state index >= 15 is 0 Å². The summed E-state index contributed by atoms with van der Waals surface area (Å²) in [5.41, 5.74) is 0. The number of benzene rings is 1. The Labute approximate surface area is 85.8 Å². The first-order valence-corrected chi connectivity index (χ1v) is 4.23. The number of hydrogen-bond acceptors (Lipinski definition) is 1. The van der Waals surface area contributed by atoms with Gasteiger partial charge in [0.15, 0.2) is 0 Å². The van der Waals surface area contributed by atoms with E-state index in [0.29, 0.717) is 4.47 Å². The molecule has 1 aromatic rings. The number of rotatable bonds is 3. The van der Waals surface area contributed by atoms with Crippen LogP contribution in [0.2, 0.25) is 0 Å². The summed E-state index contributed by atoms with van der Waals surface area (Å²) in [5, 5.41) is 0. The van der Waals surface area contributed by atoms with Gasteiger partial charge in [-0.05, 0) is 24.3 Å². The van der Waals surface area contributed by atoms with Gasteiger partial charge in [-0.3, -0.25) is 0 Å². The third-order valence-electron chi connectivity index (χ3n) is 1.23. The maximum atomic E-state index is 12.4. The van der Waals surface area contributed by atoms with E-state index in [9.17, 15) is 17.6 Å². The van der Waals surface area contributed by atoms with Gasteiger partial charge in [0.2, 0.25) is 0 Å². The first-order chi connectivity index (χ1) is 6.42. The zero-order valence-electron chi connectivity index (χ0n) is 6.61. The Morgan fingerprint density at radius 1 is 1.36 bits per heavy atom. The van der Waals surface area contributed by atoms with E-state index in [1.165, 1.54) is 6.07 Å². The van der Waals surface area contributed by atoms with Crippen LogP contribution in [0, 0.1) is 6.07 Å². The fourth-order valence-corrected chi connectivity index (χ4v) is 1.04. The van der Waals surface area contributed by atoms with Crippen LogP contribution in [-0.2, 0) is 0 Å². The lowest BCUT2D eigenvalue weighted by molar-refractivity contribution is -0.253. The fourth-order valence-electron chi connectivity index (χ4n) is 0.683. The van der Waals surface area contributed by atoms with E-state index in [0.717, 1.165) is 12.1 Å². The predicted octanol–water partition coefficient (Wildman–Crippen LogP) is 3.49. The van der Waals surface area contributed by atoms with E-state index < -0.39 is 12.5 Å². The van der Waals surface area contributed by atoms with Crippen LogP contribution < -0.4 is 4.74 Å². The molecule has 1 radical (unpaired) electrons. The second-order valence-corrected chi connectivity index (χ2v) is 3.27. The van der Waals surface area contributed by atoms with E-state index in [1.807, 2.05) is 0 Å². The molecule has 0 aromatic heterocycles. The Balaban J connectivity index is 2.78. The van der Waals surface area contributed by atoms with Crippen molar-refractivity contribution in [3.05, 3.63) is 28.7 Å². The van der Waals surface area contributed by atoms with Crippen LogP contribution in [0.5, 0.6) is 5.75 Å². The van der Waals surface area contributed by atoms with E-state index in [4.69, 9.17) is 0 Å². The topological polar surface area (TPSA) is 9.23 Å². The highest BCUT2D eigenvalue weighted by atomic mass is 79.9. The van der Waals surface area contributed by atoms with Crippen molar-refractivity contribution >= 4 is 15.9 Å². The highest BCUT2D eigenvalue weighted by Gasteiger charge is 2.43. The van der Waals surface area contributed by atoms with Gasteiger partial charge in [-0.15, -0.1) is 0 Å². The second-order valence-electron chi connectivity index (χ2n) is 2.35. The van der Waals surface area contributed by atoms with Crippen LogP contribution in [-0.4, -0.2) is 12.5 Å². The van der Waals surface area contributed by atoms with E-state index in [2.05, 4.69) is 26.7 Å². The number of hydrogen-bond donors (Lipinski definition) is 0. The molecular formula is C8H4BrF4O. The Morgan fingerprint density at radius 3 is 2.50 bits per heavy atom. The largest absolute Gasteiger partial charge is 0.461 e. The molecule has 6 heteroatoms. The molecule has 0 bridgehead atoms. The highest BCUT2D eigenvalue weighted by molar-refractivity contribution is 9.10. The lowest BCUT2D eigenvalue weighted by atomic mass is 10.3. The van der Waals surface area contributed by atoms with Crippen LogP contribution in [0.3, 0.4) is 0 Å². The summed E-state index contributed by atoms with van der Waals surface area (Å²) in [6, 6.07) is 6.07. The van der Waals surface area contributed by atoms with Gasteiger partial charge in [0, 0.05) is 4.47 Å². The third kappa shape index (κ3) is 2.87. The molecule has 0 N–H and O–H groups in total. The Bertz CT molecular complexity index is 316. The molecular weight excluding hydrogens is 268 g/mol. The summed E-state index contributed by atoms with van der Waals surface area (Å²) in [6.07, 6.45) is -8.34. The van der Waals surface area contributed by atoms with Crippen molar-refractivity contribution in [3.8, 4) is 5.75 Å². The molecule has 0 saturated carbocycles. The molecule has 0 aliphatic heterocycles. The summed E-state index contributed by atoms with van der Waals surface area (Å²) in [6.45, 7) is 0. The van der Waals surface area contributed by atoms with Crippen LogP contribution >= 0.6 is 15.9 Å². The van der Waals surface area contributed by atoms with Crippen LogP contribution in [0.25, 0.3) is 0 Å². The minimum atomic E-state index is -4.48.